The molecule has 1 aromatic carbocycles. The zero-order valence-electron chi connectivity index (χ0n) is 10.9. The maximum atomic E-state index is 12.2. The zero-order valence-corrected chi connectivity index (χ0v) is 13.2. The van der Waals surface area contributed by atoms with Crippen molar-refractivity contribution in [1.29, 1.82) is 0 Å². The lowest BCUT2D eigenvalue weighted by atomic mass is 9.99. The van der Waals surface area contributed by atoms with Crippen LogP contribution in [0, 0.1) is 0 Å². The largest absolute Gasteiger partial charge is 0.352 e. The number of benzene rings is 1. The summed E-state index contributed by atoms with van der Waals surface area (Å²) in [6.45, 7) is 1.70. The number of carbonyl (C=O) groups is 1. The first-order chi connectivity index (χ1) is 9.30. The molecule has 7 heteroatoms. The van der Waals surface area contributed by atoms with Crippen LogP contribution in [-0.2, 0) is 14.6 Å². The molecule has 1 aromatic rings. The molecule has 2 rings (SSSR count). The van der Waals surface area contributed by atoms with Gasteiger partial charge in [0.25, 0.3) is 0 Å². The van der Waals surface area contributed by atoms with Gasteiger partial charge in [-0.3, -0.25) is 4.79 Å². The molecule has 0 radical (unpaired) electrons. The average molecular weight is 336 g/mol. The van der Waals surface area contributed by atoms with Gasteiger partial charge in [-0.05, 0) is 25.5 Å². The van der Waals surface area contributed by atoms with Crippen molar-refractivity contribution in [3.8, 4) is 0 Å². The van der Waals surface area contributed by atoms with Crippen molar-refractivity contribution in [2.24, 2.45) is 0 Å². The molecule has 4 nitrogen and oxygen atoms in total. The summed E-state index contributed by atoms with van der Waals surface area (Å²) in [6.07, 6.45) is 0.455. The summed E-state index contributed by atoms with van der Waals surface area (Å²) in [5.41, 5.74) is 0.564. The summed E-state index contributed by atoms with van der Waals surface area (Å²) < 4.78 is 22.8. The van der Waals surface area contributed by atoms with Crippen LogP contribution in [0.15, 0.2) is 18.2 Å². The van der Waals surface area contributed by atoms with Gasteiger partial charge in [0.15, 0.2) is 9.84 Å². The van der Waals surface area contributed by atoms with Crippen LogP contribution < -0.4 is 5.32 Å². The van der Waals surface area contributed by atoms with Gasteiger partial charge in [-0.15, -0.1) is 0 Å². The highest BCUT2D eigenvalue weighted by atomic mass is 35.5. The van der Waals surface area contributed by atoms with Crippen molar-refractivity contribution >= 4 is 38.9 Å². The highest BCUT2D eigenvalue weighted by Crippen LogP contribution is 2.31. The van der Waals surface area contributed by atoms with Crippen molar-refractivity contribution in [2.75, 3.05) is 11.5 Å². The van der Waals surface area contributed by atoms with E-state index in [1.54, 1.807) is 25.1 Å². The Morgan fingerprint density at radius 1 is 1.35 bits per heavy atom. The van der Waals surface area contributed by atoms with Crippen molar-refractivity contribution in [3.63, 3.8) is 0 Å². The smallest absolute Gasteiger partial charge is 0.227 e. The van der Waals surface area contributed by atoms with Gasteiger partial charge in [0.05, 0.1) is 17.4 Å². The number of amides is 1. The Kier molecular flexibility index (Phi) is 4.62. The van der Waals surface area contributed by atoms with Crippen LogP contribution in [0.25, 0.3) is 0 Å². The van der Waals surface area contributed by atoms with Gasteiger partial charge >= 0.3 is 0 Å². The average Bonchev–Trinajstić information content (AvgIpc) is 2.68. The highest BCUT2D eigenvalue weighted by molar-refractivity contribution is 7.91. The number of hydrogen-bond donors (Lipinski definition) is 1. The van der Waals surface area contributed by atoms with Gasteiger partial charge in [0.2, 0.25) is 5.91 Å². The SMILES string of the molecule is C[C@H](C(=O)N[C@H]1CCS(=O)(=O)C1)c1c(Cl)cccc1Cl. The first-order valence-electron chi connectivity index (χ1n) is 6.25. The molecule has 0 spiro atoms. The number of hydrogen-bond acceptors (Lipinski definition) is 3. The summed E-state index contributed by atoms with van der Waals surface area (Å²) in [4.78, 5) is 12.2. The summed E-state index contributed by atoms with van der Waals surface area (Å²) in [5, 5.41) is 3.61. The topological polar surface area (TPSA) is 63.2 Å². The molecule has 0 bridgehead atoms. The molecule has 0 saturated carbocycles. The maximum absolute atomic E-state index is 12.2. The summed E-state index contributed by atoms with van der Waals surface area (Å²) in [7, 11) is -3.01. The molecule has 2 atom stereocenters. The Hall–Kier alpha value is -0.780. The molecule has 1 saturated heterocycles. The van der Waals surface area contributed by atoms with Gasteiger partial charge in [0.1, 0.15) is 0 Å². The van der Waals surface area contributed by atoms with E-state index >= 15 is 0 Å². The van der Waals surface area contributed by atoms with E-state index in [1.807, 2.05) is 0 Å². The minimum absolute atomic E-state index is 0.00170. The van der Waals surface area contributed by atoms with E-state index in [2.05, 4.69) is 5.32 Å². The Morgan fingerprint density at radius 2 is 1.95 bits per heavy atom. The van der Waals surface area contributed by atoms with Crippen LogP contribution in [0.5, 0.6) is 0 Å². The molecular weight excluding hydrogens is 321 g/mol. The first-order valence-corrected chi connectivity index (χ1v) is 8.82. The van der Waals surface area contributed by atoms with Crippen LogP contribution >= 0.6 is 23.2 Å². The highest BCUT2D eigenvalue weighted by Gasteiger charge is 2.31. The Morgan fingerprint density at radius 3 is 2.45 bits per heavy atom. The van der Waals surface area contributed by atoms with Crippen LogP contribution in [0.4, 0.5) is 0 Å². The van der Waals surface area contributed by atoms with E-state index in [-0.39, 0.29) is 23.5 Å². The molecule has 0 aliphatic carbocycles. The molecule has 1 heterocycles. The third kappa shape index (κ3) is 3.45. The standard InChI is InChI=1S/C13H15Cl2NO3S/c1-8(12-10(14)3-2-4-11(12)15)13(17)16-9-5-6-20(18,19)7-9/h2-4,8-9H,5-7H2,1H3,(H,16,17)/t8-,9-/m0/s1. The summed E-state index contributed by atoms with van der Waals surface area (Å²) >= 11 is 12.1. The lowest BCUT2D eigenvalue weighted by Gasteiger charge is -2.18. The van der Waals surface area contributed by atoms with E-state index in [9.17, 15) is 13.2 Å². The van der Waals surface area contributed by atoms with E-state index in [0.29, 0.717) is 22.0 Å². The minimum atomic E-state index is -3.01. The molecule has 110 valence electrons. The van der Waals surface area contributed by atoms with E-state index in [4.69, 9.17) is 23.2 Å². The molecule has 0 aromatic heterocycles. The van der Waals surface area contributed by atoms with E-state index < -0.39 is 15.8 Å². The quantitative estimate of drug-likeness (QED) is 0.922. The Balaban J connectivity index is 2.10. The second-order valence-electron chi connectivity index (χ2n) is 4.97. The molecule has 1 N–H and O–H groups in total. The molecule has 1 fully saturated rings. The molecule has 1 aliphatic heterocycles. The number of halogens is 2. The third-order valence-electron chi connectivity index (χ3n) is 3.40. The van der Waals surface area contributed by atoms with E-state index in [1.165, 1.54) is 0 Å². The Labute approximate surface area is 128 Å². The lowest BCUT2D eigenvalue weighted by Crippen LogP contribution is -2.38. The second-order valence-corrected chi connectivity index (χ2v) is 8.01. The van der Waals surface area contributed by atoms with Crippen molar-refractivity contribution in [3.05, 3.63) is 33.8 Å². The molecule has 1 aliphatic rings. The monoisotopic (exact) mass is 335 g/mol. The number of carbonyl (C=O) groups excluding carboxylic acids is 1. The maximum Gasteiger partial charge on any atom is 0.227 e. The van der Waals surface area contributed by atoms with Gasteiger partial charge in [-0.25, -0.2) is 8.42 Å². The number of sulfone groups is 1. The Bertz CT molecular complexity index is 610. The fourth-order valence-corrected chi connectivity index (χ4v) is 4.69. The first kappa shape index (κ1) is 15.6. The van der Waals surface area contributed by atoms with E-state index in [0.717, 1.165) is 0 Å². The van der Waals surface area contributed by atoms with Crippen LogP contribution in [0.2, 0.25) is 10.0 Å². The molecular formula is C13H15Cl2NO3S. The zero-order chi connectivity index (χ0) is 14.9. The van der Waals surface area contributed by atoms with Crippen molar-refractivity contribution < 1.29 is 13.2 Å². The van der Waals surface area contributed by atoms with Gasteiger partial charge in [0, 0.05) is 21.7 Å². The van der Waals surface area contributed by atoms with Crippen LogP contribution in [-0.4, -0.2) is 31.9 Å². The number of rotatable bonds is 3. The summed E-state index contributed by atoms with van der Waals surface area (Å²) in [5.74, 6) is -0.664. The van der Waals surface area contributed by atoms with Crippen LogP contribution in [0.3, 0.4) is 0 Å². The van der Waals surface area contributed by atoms with Gasteiger partial charge in [-0.1, -0.05) is 29.3 Å². The van der Waals surface area contributed by atoms with Gasteiger partial charge in [-0.2, -0.15) is 0 Å². The third-order valence-corrected chi connectivity index (χ3v) is 5.83. The predicted molar refractivity (Wildman–Crippen MR) is 80.1 cm³/mol. The molecule has 0 unspecified atom stereocenters. The van der Waals surface area contributed by atoms with Crippen LogP contribution in [0.1, 0.15) is 24.8 Å². The predicted octanol–water partition coefficient (Wildman–Crippen LogP) is 2.40. The fraction of sp³-hybridized carbons (Fsp3) is 0.462. The van der Waals surface area contributed by atoms with Crippen molar-refractivity contribution in [2.45, 2.75) is 25.3 Å². The minimum Gasteiger partial charge on any atom is -0.352 e. The van der Waals surface area contributed by atoms with Gasteiger partial charge < -0.3 is 5.32 Å². The second kappa shape index (κ2) is 5.92. The summed E-state index contributed by atoms with van der Waals surface area (Å²) in [6, 6.07) is 4.73. The normalized spacial score (nSPS) is 22.4. The van der Waals surface area contributed by atoms with Crippen molar-refractivity contribution in [1.82, 2.24) is 5.32 Å². The molecule has 1 amide bonds. The molecule has 20 heavy (non-hydrogen) atoms. The fourth-order valence-electron chi connectivity index (χ4n) is 2.29. The lowest BCUT2D eigenvalue weighted by molar-refractivity contribution is -0.122. The number of nitrogens with one attached hydrogen (secondary N) is 1.